The first-order chi connectivity index (χ1) is 12.7. The molecule has 0 unspecified atom stereocenters. The van der Waals surface area contributed by atoms with Crippen LogP contribution in [-0.2, 0) is 10.0 Å². The number of hydrogen-bond acceptors (Lipinski definition) is 4. The Morgan fingerprint density at radius 2 is 1.67 bits per heavy atom. The third-order valence-electron chi connectivity index (χ3n) is 4.81. The normalized spacial score (nSPS) is 15.1. The molecule has 1 saturated heterocycles. The summed E-state index contributed by atoms with van der Waals surface area (Å²) in [5.41, 5.74) is 2.18. The molecule has 27 heavy (non-hydrogen) atoms. The van der Waals surface area contributed by atoms with Gasteiger partial charge in [-0.15, -0.1) is 0 Å². The number of carbonyl (C=O) groups excluding carboxylic acids is 2. The highest BCUT2D eigenvalue weighted by molar-refractivity contribution is 7.89. The lowest BCUT2D eigenvalue weighted by Gasteiger charge is -2.16. The molecule has 0 atom stereocenters. The standard InChI is InChI=1S/C19H23N3O4S/c1-12-17(19(24)21-16-8-6-15(7-9-16)14(3)23)20-13(2)18(12)27(25,26)22-10-4-5-11-22/h6-9,20H,4-5,10-11H2,1-3H3,(H,21,24). The van der Waals surface area contributed by atoms with Crippen molar-refractivity contribution in [2.24, 2.45) is 0 Å². The van der Waals surface area contributed by atoms with Crippen molar-refractivity contribution < 1.29 is 18.0 Å². The summed E-state index contributed by atoms with van der Waals surface area (Å²) in [7, 11) is -3.62. The van der Waals surface area contributed by atoms with Crippen molar-refractivity contribution in [2.75, 3.05) is 18.4 Å². The van der Waals surface area contributed by atoms with Crippen LogP contribution in [-0.4, -0.2) is 42.5 Å². The van der Waals surface area contributed by atoms with E-state index in [1.165, 1.54) is 11.2 Å². The maximum Gasteiger partial charge on any atom is 0.272 e. The molecule has 1 aromatic carbocycles. The van der Waals surface area contributed by atoms with Crippen LogP contribution >= 0.6 is 0 Å². The molecule has 2 N–H and O–H groups in total. The molecule has 3 rings (SSSR count). The van der Waals surface area contributed by atoms with E-state index in [1.807, 2.05) is 0 Å². The molecule has 1 aliphatic heterocycles. The topological polar surface area (TPSA) is 99.3 Å². The number of nitrogens with zero attached hydrogens (tertiary/aromatic N) is 1. The summed E-state index contributed by atoms with van der Waals surface area (Å²) >= 11 is 0. The zero-order valence-electron chi connectivity index (χ0n) is 15.6. The van der Waals surface area contributed by atoms with Gasteiger partial charge in [-0.2, -0.15) is 4.31 Å². The summed E-state index contributed by atoms with van der Waals surface area (Å²) in [6.07, 6.45) is 1.71. The average molecular weight is 389 g/mol. The Morgan fingerprint density at radius 1 is 1.07 bits per heavy atom. The van der Waals surface area contributed by atoms with Crippen LogP contribution < -0.4 is 5.32 Å². The van der Waals surface area contributed by atoms with Crippen LogP contribution in [0.5, 0.6) is 0 Å². The number of Topliss-reactive ketones (excluding diaryl/α,β-unsaturated/α-hetero) is 1. The van der Waals surface area contributed by atoms with Crippen molar-refractivity contribution in [3.8, 4) is 0 Å². The summed E-state index contributed by atoms with van der Waals surface area (Å²) < 4.78 is 27.3. The molecule has 7 nitrogen and oxygen atoms in total. The van der Waals surface area contributed by atoms with E-state index >= 15 is 0 Å². The second-order valence-electron chi connectivity index (χ2n) is 6.78. The molecule has 0 spiro atoms. The molecule has 2 aromatic rings. The Balaban J connectivity index is 1.87. The number of benzene rings is 1. The van der Waals surface area contributed by atoms with Gasteiger partial charge in [-0.1, -0.05) is 0 Å². The van der Waals surface area contributed by atoms with E-state index in [9.17, 15) is 18.0 Å². The fraction of sp³-hybridized carbons (Fsp3) is 0.368. The Labute approximate surface area is 158 Å². The van der Waals surface area contributed by atoms with E-state index in [2.05, 4.69) is 10.3 Å². The average Bonchev–Trinajstić information content (AvgIpc) is 3.24. The van der Waals surface area contributed by atoms with Gasteiger partial charge in [0.2, 0.25) is 10.0 Å². The molecule has 0 radical (unpaired) electrons. The number of sulfonamides is 1. The third kappa shape index (κ3) is 3.68. The Morgan fingerprint density at radius 3 is 2.22 bits per heavy atom. The first kappa shape index (κ1) is 19.3. The number of nitrogens with one attached hydrogen (secondary N) is 2. The van der Waals surface area contributed by atoms with E-state index in [0.29, 0.717) is 35.6 Å². The Bertz CT molecular complexity index is 985. The van der Waals surface area contributed by atoms with Gasteiger partial charge in [0.1, 0.15) is 10.6 Å². The number of rotatable bonds is 5. The van der Waals surface area contributed by atoms with Gasteiger partial charge in [0, 0.05) is 30.0 Å². The maximum atomic E-state index is 12.9. The van der Waals surface area contributed by atoms with E-state index in [4.69, 9.17) is 0 Å². The van der Waals surface area contributed by atoms with Gasteiger partial charge in [0.05, 0.1) is 0 Å². The second kappa shape index (κ2) is 7.28. The van der Waals surface area contributed by atoms with Gasteiger partial charge >= 0.3 is 0 Å². The predicted molar refractivity (Wildman–Crippen MR) is 103 cm³/mol. The molecule has 0 bridgehead atoms. The largest absolute Gasteiger partial charge is 0.353 e. The first-order valence-electron chi connectivity index (χ1n) is 8.83. The number of anilines is 1. The van der Waals surface area contributed by atoms with Crippen LogP contribution in [0.2, 0.25) is 0 Å². The van der Waals surface area contributed by atoms with Crippen LogP contribution in [0.4, 0.5) is 5.69 Å². The lowest BCUT2D eigenvalue weighted by molar-refractivity contribution is 0.101. The number of carbonyl (C=O) groups is 2. The SMILES string of the molecule is CC(=O)c1ccc(NC(=O)c2[nH]c(C)c(S(=O)(=O)N3CCCC3)c2C)cc1. The van der Waals surface area contributed by atoms with Crippen LogP contribution in [0.15, 0.2) is 29.2 Å². The minimum atomic E-state index is -3.62. The number of aryl methyl sites for hydroxylation is 1. The second-order valence-corrected chi connectivity index (χ2v) is 8.65. The molecule has 144 valence electrons. The summed E-state index contributed by atoms with van der Waals surface area (Å²) in [6.45, 7) is 5.79. The van der Waals surface area contributed by atoms with Crippen molar-refractivity contribution in [3.05, 3.63) is 46.8 Å². The number of hydrogen-bond donors (Lipinski definition) is 2. The molecule has 1 aliphatic rings. The minimum Gasteiger partial charge on any atom is -0.353 e. The summed E-state index contributed by atoms with van der Waals surface area (Å²) in [5.74, 6) is -0.477. The Kier molecular flexibility index (Phi) is 5.21. The molecule has 1 fully saturated rings. The smallest absolute Gasteiger partial charge is 0.272 e. The van der Waals surface area contributed by atoms with E-state index in [-0.39, 0.29) is 16.4 Å². The summed E-state index contributed by atoms with van der Waals surface area (Å²) in [5, 5.41) is 2.74. The molecule has 2 heterocycles. The van der Waals surface area contributed by atoms with Crippen LogP contribution in [0.25, 0.3) is 0 Å². The minimum absolute atomic E-state index is 0.0551. The highest BCUT2D eigenvalue weighted by Crippen LogP contribution is 2.29. The first-order valence-corrected chi connectivity index (χ1v) is 10.3. The summed E-state index contributed by atoms with van der Waals surface area (Å²) in [6, 6.07) is 6.55. The fourth-order valence-electron chi connectivity index (χ4n) is 3.39. The molecule has 0 aliphatic carbocycles. The van der Waals surface area contributed by atoms with Crippen molar-refractivity contribution in [3.63, 3.8) is 0 Å². The molecule has 8 heteroatoms. The monoisotopic (exact) mass is 389 g/mol. The fourth-order valence-corrected chi connectivity index (χ4v) is 5.31. The van der Waals surface area contributed by atoms with Crippen LogP contribution in [0.3, 0.4) is 0 Å². The lowest BCUT2D eigenvalue weighted by atomic mass is 10.1. The third-order valence-corrected chi connectivity index (χ3v) is 6.98. The maximum absolute atomic E-state index is 12.9. The molecule has 1 aromatic heterocycles. The van der Waals surface area contributed by atoms with Gasteiger partial charge in [0.15, 0.2) is 5.78 Å². The molecule has 1 amide bonds. The van der Waals surface area contributed by atoms with Gasteiger partial charge in [-0.25, -0.2) is 8.42 Å². The zero-order valence-corrected chi connectivity index (χ0v) is 16.4. The molecular weight excluding hydrogens is 366 g/mol. The molecule has 0 saturated carbocycles. The lowest BCUT2D eigenvalue weighted by Crippen LogP contribution is -2.28. The van der Waals surface area contributed by atoms with Crippen molar-refractivity contribution in [2.45, 2.75) is 38.5 Å². The zero-order chi connectivity index (χ0) is 19.8. The quantitative estimate of drug-likeness (QED) is 0.768. The number of H-pyrrole nitrogens is 1. The van der Waals surface area contributed by atoms with Gasteiger partial charge < -0.3 is 10.3 Å². The number of aromatic amines is 1. The van der Waals surface area contributed by atoms with Gasteiger partial charge in [-0.05, 0) is 63.4 Å². The van der Waals surface area contributed by atoms with E-state index < -0.39 is 15.9 Å². The van der Waals surface area contributed by atoms with Crippen molar-refractivity contribution in [1.29, 1.82) is 0 Å². The van der Waals surface area contributed by atoms with E-state index in [0.717, 1.165) is 12.8 Å². The summed E-state index contributed by atoms with van der Waals surface area (Å²) in [4.78, 5) is 27.1. The van der Waals surface area contributed by atoms with Gasteiger partial charge in [0.25, 0.3) is 5.91 Å². The number of amides is 1. The Hall–Kier alpha value is -2.45. The highest BCUT2D eigenvalue weighted by atomic mass is 32.2. The number of ketones is 1. The van der Waals surface area contributed by atoms with Crippen molar-refractivity contribution >= 4 is 27.4 Å². The van der Waals surface area contributed by atoms with Crippen molar-refractivity contribution in [1.82, 2.24) is 9.29 Å². The highest BCUT2D eigenvalue weighted by Gasteiger charge is 2.33. The van der Waals surface area contributed by atoms with Crippen LogP contribution in [0.1, 0.15) is 51.9 Å². The van der Waals surface area contributed by atoms with Gasteiger partial charge in [-0.3, -0.25) is 9.59 Å². The predicted octanol–water partition coefficient (Wildman–Crippen LogP) is 2.87. The number of aromatic nitrogens is 1. The van der Waals surface area contributed by atoms with E-state index in [1.54, 1.807) is 38.1 Å². The molecular formula is C19H23N3O4S. The van der Waals surface area contributed by atoms with Crippen LogP contribution in [0, 0.1) is 13.8 Å².